The Morgan fingerprint density at radius 3 is 2.32 bits per heavy atom. The van der Waals surface area contributed by atoms with Gasteiger partial charge >= 0.3 is 0 Å². The Balaban J connectivity index is 2.06. The topological polar surface area (TPSA) is 15.3 Å². The fraction of sp³-hybridized carbons (Fsp3) is 0.500. The Labute approximate surface area is 233 Å². The number of hydrogen-bond donors (Lipinski definition) is 1. The lowest BCUT2D eigenvalue weighted by atomic mass is 9.89. The molecule has 1 fully saturated rings. The molecule has 2 nitrogen and oxygen atoms in total. The maximum absolute atomic E-state index is 4.19. The van der Waals surface area contributed by atoms with Gasteiger partial charge in [-0.15, -0.1) is 0 Å². The quantitative estimate of drug-likeness (QED) is 0.212. The minimum atomic E-state index is 0.647. The number of aryl methyl sites for hydroxylation is 1. The third-order valence-electron chi connectivity index (χ3n) is 8.47. The number of nitrogens with zero attached hydrogens (tertiary/aromatic N) is 1. The number of anilines is 1. The van der Waals surface area contributed by atoms with Gasteiger partial charge in [0.15, 0.2) is 0 Å². The first-order valence-corrected chi connectivity index (χ1v) is 15.1. The lowest BCUT2D eigenvalue weighted by Gasteiger charge is -2.37. The van der Waals surface area contributed by atoms with Crippen molar-refractivity contribution in [2.24, 2.45) is 0 Å². The largest absolute Gasteiger partial charge is 0.392 e. The molecule has 1 aliphatic rings. The van der Waals surface area contributed by atoms with Gasteiger partial charge in [-0.1, -0.05) is 82.0 Å². The van der Waals surface area contributed by atoms with Crippen LogP contribution in [0.3, 0.4) is 0 Å². The van der Waals surface area contributed by atoms with Crippen molar-refractivity contribution in [3.8, 4) is 11.1 Å². The van der Waals surface area contributed by atoms with E-state index in [-0.39, 0.29) is 0 Å². The van der Waals surface area contributed by atoms with Gasteiger partial charge in [0.25, 0.3) is 0 Å². The average Bonchev–Trinajstić information content (AvgIpc) is 2.94. The maximum atomic E-state index is 4.19. The zero-order chi connectivity index (χ0) is 27.5. The number of nitrogens with one attached hydrogen (secondary N) is 1. The van der Waals surface area contributed by atoms with Crippen LogP contribution >= 0.6 is 0 Å². The number of allylic oxidation sites excluding steroid dienone is 5. The number of hydrogen-bond acceptors (Lipinski definition) is 2. The van der Waals surface area contributed by atoms with E-state index in [1.165, 1.54) is 108 Å². The predicted octanol–water partition coefficient (Wildman–Crippen LogP) is 9.72. The van der Waals surface area contributed by atoms with Crippen LogP contribution in [0.4, 0.5) is 5.69 Å². The third-order valence-corrected chi connectivity index (χ3v) is 8.47. The highest BCUT2D eigenvalue weighted by molar-refractivity contribution is 5.73. The molecule has 0 spiro atoms. The summed E-state index contributed by atoms with van der Waals surface area (Å²) in [5.74, 6) is 0. The summed E-state index contributed by atoms with van der Waals surface area (Å²) in [6.07, 6.45) is 16.9. The van der Waals surface area contributed by atoms with Gasteiger partial charge in [0.1, 0.15) is 0 Å². The van der Waals surface area contributed by atoms with Crippen molar-refractivity contribution in [2.45, 2.75) is 105 Å². The van der Waals surface area contributed by atoms with Crippen LogP contribution in [0.2, 0.25) is 0 Å². The van der Waals surface area contributed by atoms with Gasteiger partial charge in [0, 0.05) is 31.0 Å². The fourth-order valence-electron chi connectivity index (χ4n) is 5.93. The number of unbranched alkanes of at least 4 members (excludes halogenated alkanes) is 2. The van der Waals surface area contributed by atoms with Crippen molar-refractivity contribution < 1.29 is 0 Å². The molecule has 0 atom stereocenters. The fourth-order valence-corrected chi connectivity index (χ4v) is 5.93. The molecule has 0 radical (unpaired) electrons. The molecule has 0 saturated heterocycles. The van der Waals surface area contributed by atoms with Gasteiger partial charge in [-0.2, -0.15) is 0 Å². The van der Waals surface area contributed by atoms with Crippen molar-refractivity contribution in [3.63, 3.8) is 0 Å². The summed E-state index contributed by atoms with van der Waals surface area (Å²) in [4.78, 5) is 2.70. The molecule has 0 amide bonds. The Hall–Kier alpha value is -2.74. The first-order valence-electron chi connectivity index (χ1n) is 15.1. The van der Waals surface area contributed by atoms with E-state index in [0.29, 0.717) is 6.04 Å². The van der Waals surface area contributed by atoms with Crippen LogP contribution in [0.25, 0.3) is 11.1 Å². The minimum Gasteiger partial charge on any atom is -0.392 e. The normalized spacial score (nSPS) is 15.3. The van der Waals surface area contributed by atoms with E-state index in [2.05, 4.69) is 93.9 Å². The molecule has 0 unspecified atom stereocenters. The summed E-state index contributed by atoms with van der Waals surface area (Å²) in [5.41, 5.74) is 12.1. The molecule has 1 N–H and O–H groups in total. The van der Waals surface area contributed by atoms with Crippen molar-refractivity contribution >= 4 is 5.69 Å². The van der Waals surface area contributed by atoms with Gasteiger partial charge < -0.3 is 10.2 Å². The highest BCUT2D eigenvalue weighted by atomic mass is 15.2. The van der Waals surface area contributed by atoms with Crippen LogP contribution in [-0.4, -0.2) is 19.6 Å². The van der Waals surface area contributed by atoms with Crippen LogP contribution in [-0.2, 0) is 12.8 Å². The molecule has 1 saturated carbocycles. The highest BCUT2D eigenvalue weighted by Gasteiger charge is 2.23. The summed E-state index contributed by atoms with van der Waals surface area (Å²) in [6, 6.07) is 14.9. The van der Waals surface area contributed by atoms with Crippen molar-refractivity contribution in [3.05, 3.63) is 88.7 Å². The van der Waals surface area contributed by atoms with E-state index in [1.807, 2.05) is 13.1 Å². The standard InChI is InChI=1S/C36H52N2/c1-8-11-13-16-30-19-21-32(22-20-30)34-25-33(24-31(9-2)27(4)23-28(5)37-7)29(6)36(26-34)38(10-3)35-17-14-12-15-18-35/h9,19-23,25-26,35,37H,2,8,10-18,24H2,1,3-7H3/b28-23-,31-27+. The Bertz CT molecular complexity index is 1100. The van der Waals surface area contributed by atoms with Crippen molar-refractivity contribution in [1.82, 2.24) is 5.32 Å². The van der Waals surface area contributed by atoms with Crippen molar-refractivity contribution in [1.29, 1.82) is 0 Å². The molecule has 0 aromatic heterocycles. The Morgan fingerprint density at radius 2 is 1.71 bits per heavy atom. The molecule has 1 aliphatic carbocycles. The number of benzene rings is 2. The van der Waals surface area contributed by atoms with E-state index < -0.39 is 0 Å². The maximum Gasteiger partial charge on any atom is 0.0407 e. The molecule has 0 aliphatic heterocycles. The second-order valence-corrected chi connectivity index (χ2v) is 11.2. The molecular weight excluding hydrogens is 460 g/mol. The average molecular weight is 513 g/mol. The Morgan fingerprint density at radius 1 is 1.00 bits per heavy atom. The monoisotopic (exact) mass is 512 g/mol. The molecule has 206 valence electrons. The molecular formula is C36H52N2. The zero-order valence-corrected chi connectivity index (χ0v) is 25.1. The second-order valence-electron chi connectivity index (χ2n) is 11.2. The van der Waals surface area contributed by atoms with E-state index in [0.717, 1.165) is 13.0 Å². The minimum absolute atomic E-state index is 0.647. The SMILES string of the molecule is C=C/C(Cc1cc(-c2ccc(CCCCC)cc2)cc(N(CC)C2CCCCC2)c1C)=C(C)\C=C(\C)NC. The smallest absolute Gasteiger partial charge is 0.0407 e. The zero-order valence-electron chi connectivity index (χ0n) is 25.1. The summed E-state index contributed by atoms with van der Waals surface area (Å²) in [6.45, 7) is 16.5. The lowest BCUT2D eigenvalue weighted by molar-refractivity contribution is 0.418. The summed E-state index contributed by atoms with van der Waals surface area (Å²) >= 11 is 0. The van der Waals surface area contributed by atoms with Crippen LogP contribution in [0.5, 0.6) is 0 Å². The first-order chi connectivity index (χ1) is 18.4. The summed E-state index contributed by atoms with van der Waals surface area (Å²) in [5, 5.41) is 3.26. The molecule has 3 rings (SSSR count). The van der Waals surface area contributed by atoms with Gasteiger partial charge in [0.2, 0.25) is 0 Å². The molecule has 2 heteroatoms. The van der Waals surface area contributed by atoms with E-state index in [9.17, 15) is 0 Å². The highest BCUT2D eigenvalue weighted by Crippen LogP contribution is 2.36. The molecule has 2 aromatic rings. The van der Waals surface area contributed by atoms with Crippen LogP contribution < -0.4 is 10.2 Å². The van der Waals surface area contributed by atoms with Crippen LogP contribution in [0, 0.1) is 6.92 Å². The van der Waals surface area contributed by atoms with Gasteiger partial charge in [-0.05, 0) is 111 Å². The van der Waals surface area contributed by atoms with E-state index in [4.69, 9.17) is 0 Å². The van der Waals surface area contributed by atoms with Crippen LogP contribution in [0.1, 0.15) is 95.8 Å². The number of rotatable bonds is 13. The van der Waals surface area contributed by atoms with Crippen LogP contribution in [0.15, 0.2) is 72.0 Å². The Kier molecular flexibility index (Phi) is 11.8. The third kappa shape index (κ3) is 7.88. The molecule has 0 bridgehead atoms. The molecule has 38 heavy (non-hydrogen) atoms. The van der Waals surface area contributed by atoms with E-state index >= 15 is 0 Å². The van der Waals surface area contributed by atoms with Crippen molar-refractivity contribution in [2.75, 3.05) is 18.5 Å². The molecule has 2 aromatic carbocycles. The molecule has 0 heterocycles. The first kappa shape index (κ1) is 29.8. The predicted molar refractivity (Wildman–Crippen MR) is 169 cm³/mol. The summed E-state index contributed by atoms with van der Waals surface area (Å²) < 4.78 is 0. The van der Waals surface area contributed by atoms with Gasteiger partial charge in [0.05, 0.1) is 0 Å². The lowest BCUT2D eigenvalue weighted by Crippen LogP contribution is -2.37. The van der Waals surface area contributed by atoms with E-state index in [1.54, 1.807) is 0 Å². The second kappa shape index (κ2) is 15.0. The van der Waals surface area contributed by atoms with Gasteiger partial charge in [-0.3, -0.25) is 0 Å². The van der Waals surface area contributed by atoms with Gasteiger partial charge in [-0.25, -0.2) is 0 Å². The summed E-state index contributed by atoms with van der Waals surface area (Å²) in [7, 11) is 1.98.